The molecular formula is C26H48N2O3. The Morgan fingerprint density at radius 3 is 1.32 bits per heavy atom. The highest BCUT2D eigenvalue weighted by atomic mass is 16.5. The Kier molecular flexibility index (Phi) is 8.02. The maximum Gasteiger partial charge on any atom is 0.0726 e. The maximum absolute atomic E-state index is 11.0. The van der Waals surface area contributed by atoms with Crippen molar-refractivity contribution in [1.82, 2.24) is 0 Å². The van der Waals surface area contributed by atoms with Crippen molar-refractivity contribution in [3.05, 3.63) is 0 Å². The lowest BCUT2D eigenvalue weighted by atomic mass is 9.65. The lowest BCUT2D eigenvalue weighted by Crippen LogP contribution is -2.59. The van der Waals surface area contributed by atoms with E-state index in [1.807, 2.05) is 0 Å². The minimum atomic E-state index is -0.416. The molecule has 0 aromatic carbocycles. The predicted octanol–water partition coefficient (Wildman–Crippen LogP) is 3.59. The molecule has 4 aliphatic rings. The topological polar surface area (TPSA) is 102 Å². The van der Waals surface area contributed by atoms with Gasteiger partial charge in [0.15, 0.2) is 0 Å². The molecule has 4 fully saturated rings. The molecule has 0 radical (unpaired) electrons. The van der Waals surface area contributed by atoms with Crippen LogP contribution in [0.4, 0.5) is 0 Å². The third kappa shape index (κ3) is 5.01. The molecule has 6 N–H and O–H groups in total. The molecule has 0 aliphatic heterocycles. The summed E-state index contributed by atoms with van der Waals surface area (Å²) in [7, 11) is 0. The van der Waals surface area contributed by atoms with E-state index in [4.69, 9.17) is 16.2 Å². The molecule has 0 aromatic rings. The first-order valence-corrected chi connectivity index (χ1v) is 13.4. The molecule has 4 aliphatic carbocycles. The smallest absolute Gasteiger partial charge is 0.0726 e. The molecule has 5 heteroatoms. The summed E-state index contributed by atoms with van der Waals surface area (Å²) < 4.78 is 6.85. The fourth-order valence-corrected chi connectivity index (χ4v) is 7.58. The molecule has 0 amide bonds. The van der Waals surface area contributed by atoms with Gasteiger partial charge in [-0.3, -0.25) is 0 Å². The molecule has 31 heavy (non-hydrogen) atoms. The van der Waals surface area contributed by atoms with Crippen molar-refractivity contribution in [2.45, 2.75) is 127 Å². The minimum absolute atomic E-state index is 0.0761. The summed E-state index contributed by atoms with van der Waals surface area (Å²) in [6.07, 6.45) is 13.8. The number of hydrogen-bond donors (Lipinski definition) is 4. The Balaban J connectivity index is 1.46. The van der Waals surface area contributed by atoms with E-state index in [0.29, 0.717) is 11.8 Å². The van der Waals surface area contributed by atoms with Crippen LogP contribution in [0, 0.1) is 35.5 Å². The molecule has 0 spiro atoms. The van der Waals surface area contributed by atoms with E-state index in [9.17, 15) is 10.2 Å². The van der Waals surface area contributed by atoms with Crippen molar-refractivity contribution in [1.29, 1.82) is 0 Å². The van der Waals surface area contributed by atoms with Crippen LogP contribution in [0.3, 0.4) is 0 Å². The van der Waals surface area contributed by atoms with Crippen LogP contribution in [-0.4, -0.2) is 46.7 Å². The largest absolute Gasteiger partial charge is 0.391 e. The Bertz CT molecular complexity index is 511. The summed E-state index contributed by atoms with van der Waals surface area (Å²) in [5.74, 6) is 1.94. The van der Waals surface area contributed by atoms with Gasteiger partial charge in [0.05, 0.1) is 24.4 Å². The van der Waals surface area contributed by atoms with E-state index in [1.165, 1.54) is 64.2 Å². The van der Waals surface area contributed by atoms with Gasteiger partial charge < -0.3 is 26.4 Å². The van der Waals surface area contributed by atoms with Gasteiger partial charge in [-0.25, -0.2) is 0 Å². The normalized spacial score (nSPS) is 48.6. The fraction of sp³-hybridized carbons (Fsp3) is 1.00. The number of rotatable bonds is 4. The number of aliphatic hydroxyl groups is 2. The standard InChI is InChI=1S/C26H48N2O3/c1-15-21(13-19(25(29)23(15)27)17-9-5-3-6-10-17)31-22-14-20(18-11-7-4-8-12-18)26(30)24(28)16(22)2/h15-26,29-30H,3-14,27-28H2,1-2H3. The highest BCUT2D eigenvalue weighted by molar-refractivity contribution is 5.00. The number of nitrogens with two attached hydrogens (primary N) is 2. The molecule has 5 nitrogen and oxygen atoms in total. The van der Waals surface area contributed by atoms with Crippen molar-refractivity contribution in [3.63, 3.8) is 0 Å². The Hall–Kier alpha value is -0.200. The third-order valence-electron chi connectivity index (χ3n) is 9.92. The van der Waals surface area contributed by atoms with Crippen molar-refractivity contribution in [2.24, 2.45) is 47.0 Å². The summed E-state index contributed by atoms with van der Waals surface area (Å²) in [6.45, 7) is 4.30. The molecule has 0 saturated heterocycles. The van der Waals surface area contributed by atoms with Crippen LogP contribution in [0.1, 0.15) is 90.9 Å². The molecule has 10 atom stereocenters. The summed E-state index contributed by atoms with van der Waals surface area (Å²) in [5, 5.41) is 22.0. The van der Waals surface area contributed by atoms with Crippen molar-refractivity contribution in [2.75, 3.05) is 0 Å². The van der Waals surface area contributed by atoms with Gasteiger partial charge in [-0.1, -0.05) is 78.1 Å². The zero-order valence-corrected chi connectivity index (χ0v) is 19.9. The highest BCUT2D eigenvalue weighted by Gasteiger charge is 2.48. The second-order valence-electron chi connectivity index (χ2n) is 11.7. The molecule has 0 aromatic heterocycles. The quantitative estimate of drug-likeness (QED) is 0.539. The van der Waals surface area contributed by atoms with Crippen LogP contribution in [0.15, 0.2) is 0 Å². The lowest BCUT2D eigenvalue weighted by Gasteiger charge is -2.50. The van der Waals surface area contributed by atoms with Gasteiger partial charge in [0.25, 0.3) is 0 Å². The van der Waals surface area contributed by atoms with E-state index < -0.39 is 12.2 Å². The summed E-state index contributed by atoms with van der Waals surface area (Å²) in [6, 6.07) is -0.448. The van der Waals surface area contributed by atoms with E-state index in [1.54, 1.807) is 0 Å². The van der Waals surface area contributed by atoms with E-state index in [-0.39, 0.29) is 48.0 Å². The van der Waals surface area contributed by atoms with E-state index >= 15 is 0 Å². The number of ether oxygens (including phenoxy) is 1. The summed E-state index contributed by atoms with van der Waals surface area (Å²) >= 11 is 0. The van der Waals surface area contributed by atoms with Gasteiger partial charge >= 0.3 is 0 Å². The maximum atomic E-state index is 11.0. The zero-order valence-electron chi connectivity index (χ0n) is 19.9. The SMILES string of the molecule is CC1C(OC2CC(C3CCCCC3)C(O)C(N)C2C)CC(C2CCCCC2)C(O)C1N. The van der Waals surface area contributed by atoms with Crippen molar-refractivity contribution < 1.29 is 14.9 Å². The van der Waals surface area contributed by atoms with Crippen LogP contribution in [-0.2, 0) is 4.74 Å². The van der Waals surface area contributed by atoms with Gasteiger partial charge in [-0.15, -0.1) is 0 Å². The van der Waals surface area contributed by atoms with Crippen LogP contribution in [0.5, 0.6) is 0 Å². The predicted molar refractivity (Wildman–Crippen MR) is 124 cm³/mol. The van der Waals surface area contributed by atoms with Crippen LogP contribution < -0.4 is 11.5 Å². The van der Waals surface area contributed by atoms with Gasteiger partial charge in [0.1, 0.15) is 0 Å². The second kappa shape index (κ2) is 10.4. The van der Waals surface area contributed by atoms with Gasteiger partial charge in [0, 0.05) is 12.1 Å². The second-order valence-corrected chi connectivity index (χ2v) is 11.7. The van der Waals surface area contributed by atoms with Crippen molar-refractivity contribution >= 4 is 0 Å². The fourth-order valence-electron chi connectivity index (χ4n) is 7.58. The molecule has 4 saturated carbocycles. The Morgan fingerprint density at radius 1 is 0.613 bits per heavy atom. The molecule has 4 rings (SSSR count). The average Bonchev–Trinajstić information content (AvgIpc) is 2.80. The Morgan fingerprint density at radius 2 is 0.968 bits per heavy atom. The first-order valence-electron chi connectivity index (χ1n) is 13.4. The van der Waals surface area contributed by atoms with Crippen molar-refractivity contribution in [3.8, 4) is 0 Å². The molecule has 10 unspecified atom stereocenters. The first kappa shape index (κ1) is 23.9. The molecule has 180 valence electrons. The molecule has 0 heterocycles. The Labute approximate surface area is 189 Å². The molecular weight excluding hydrogens is 388 g/mol. The number of hydrogen-bond acceptors (Lipinski definition) is 5. The summed E-state index contributed by atoms with van der Waals surface area (Å²) in [4.78, 5) is 0. The lowest BCUT2D eigenvalue weighted by molar-refractivity contribution is -0.159. The first-order chi connectivity index (χ1) is 14.9. The average molecular weight is 437 g/mol. The monoisotopic (exact) mass is 436 g/mol. The third-order valence-corrected chi connectivity index (χ3v) is 9.92. The number of aliphatic hydroxyl groups excluding tert-OH is 2. The van der Waals surface area contributed by atoms with Crippen LogP contribution in [0.25, 0.3) is 0 Å². The zero-order chi connectivity index (χ0) is 22.1. The van der Waals surface area contributed by atoms with Gasteiger partial charge in [0.2, 0.25) is 0 Å². The highest BCUT2D eigenvalue weighted by Crippen LogP contribution is 2.44. The van der Waals surface area contributed by atoms with E-state index in [2.05, 4.69) is 13.8 Å². The van der Waals surface area contributed by atoms with Crippen LogP contribution >= 0.6 is 0 Å². The van der Waals surface area contributed by atoms with E-state index in [0.717, 1.165) is 12.8 Å². The van der Waals surface area contributed by atoms with Crippen LogP contribution in [0.2, 0.25) is 0 Å². The van der Waals surface area contributed by atoms with Gasteiger partial charge in [-0.05, 0) is 48.3 Å². The summed E-state index contributed by atoms with van der Waals surface area (Å²) in [5.41, 5.74) is 13.1. The van der Waals surface area contributed by atoms with Gasteiger partial charge in [-0.2, -0.15) is 0 Å². The molecule has 0 bridgehead atoms. The minimum Gasteiger partial charge on any atom is -0.391 e.